The van der Waals surface area contributed by atoms with Crippen LogP contribution < -0.4 is 21.3 Å². The molecule has 2 heterocycles. The van der Waals surface area contributed by atoms with Gasteiger partial charge in [0.05, 0.1) is 22.4 Å². The molecule has 2 aromatic carbocycles. The van der Waals surface area contributed by atoms with Crippen molar-refractivity contribution >= 4 is 63.5 Å². The number of fused-ring (bicyclic) bond motifs is 2. The molecule has 64 heavy (non-hydrogen) atoms. The van der Waals surface area contributed by atoms with Crippen molar-refractivity contribution in [2.45, 2.75) is 121 Å². The molecule has 2 aromatic heterocycles. The molecule has 3 atom stereocenters. The molecule has 0 aliphatic rings. The Kier molecular flexibility index (Phi) is 20.8. The number of aromatic nitrogens is 2. The van der Waals surface area contributed by atoms with E-state index in [-0.39, 0.29) is 50.5 Å². The van der Waals surface area contributed by atoms with E-state index in [1.807, 2.05) is 60.7 Å². The Morgan fingerprint density at radius 3 is 1.52 bits per heavy atom. The molecule has 344 valence electrons. The summed E-state index contributed by atoms with van der Waals surface area (Å²) < 4.78 is 0. The summed E-state index contributed by atoms with van der Waals surface area (Å²) in [6, 6.07) is 19.2. The molecule has 0 radical (unpaired) electrons. The van der Waals surface area contributed by atoms with Crippen LogP contribution >= 0.6 is 0 Å². The van der Waals surface area contributed by atoms with Crippen LogP contribution in [0.25, 0.3) is 21.8 Å². The second-order valence-electron chi connectivity index (χ2n) is 15.7. The third kappa shape index (κ3) is 18.3. The number of aliphatic carboxylic acids is 4. The minimum absolute atomic E-state index is 0.0157. The number of unbranched alkanes of at least 4 members (excludes halogenated alkanes) is 5. The number of urea groups is 1. The number of amides is 4. The van der Waals surface area contributed by atoms with Crippen molar-refractivity contribution in [1.82, 2.24) is 36.1 Å². The highest BCUT2D eigenvalue weighted by molar-refractivity contribution is 5.86. The smallest absolute Gasteiger partial charge is 0.326 e. The van der Waals surface area contributed by atoms with E-state index in [0.29, 0.717) is 71.0 Å². The molecule has 0 saturated carbocycles. The molecule has 4 rings (SSSR count). The first-order valence-electron chi connectivity index (χ1n) is 21.7. The summed E-state index contributed by atoms with van der Waals surface area (Å²) in [7, 11) is 0. The maximum Gasteiger partial charge on any atom is 0.326 e. The van der Waals surface area contributed by atoms with E-state index in [2.05, 4.69) is 38.3 Å². The number of carbonyl (C=O) groups is 7. The van der Waals surface area contributed by atoms with E-state index < -0.39 is 54.5 Å². The average molecular weight is 886 g/mol. The lowest BCUT2D eigenvalue weighted by Gasteiger charge is -2.22. The Morgan fingerprint density at radius 1 is 0.500 bits per heavy atom. The zero-order chi connectivity index (χ0) is 46.3. The van der Waals surface area contributed by atoms with Crippen LogP contribution in [-0.2, 0) is 41.9 Å². The van der Waals surface area contributed by atoms with Crippen LogP contribution in [0.2, 0.25) is 0 Å². The molecular formula is C46H59N7O11. The van der Waals surface area contributed by atoms with Gasteiger partial charge in [-0.2, -0.15) is 0 Å². The second-order valence-corrected chi connectivity index (χ2v) is 15.7. The van der Waals surface area contributed by atoms with Crippen LogP contribution in [0.3, 0.4) is 0 Å². The third-order valence-electron chi connectivity index (χ3n) is 10.6. The van der Waals surface area contributed by atoms with Crippen molar-refractivity contribution in [3.05, 3.63) is 84.2 Å². The molecule has 0 bridgehead atoms. The molecule has 18 nitrogen and oxygen atoms in total. The summed E-state index contributed by atoms with van der Waals surface area (Å²) >= 11 is 0. The number of para-hydroxylation sites is 2. The normalized spacial score (nSPS) is 12.6. The van der Waals surface area contributed by atoms with Gasteiger partial charge >= 0.3 is 29.9 Å². The molecule has 0 saturated heterocycles. The van der Waals surface area contributed by atoms with Crippen molar-refractivity contribution in [3.63, 3.8) is 0 Å². The predicted octanol–water partition coefficient (Wildman–Crippen LogP) is 5.22. The van der Waals surface area contributed by atoms with E-state index in [0.717, 1.165) is 33.2 Å². The monoisotopic (exact) mass is 885 g/mol. The number of carbonyl (C=O) groups excluding carboxylic acids is 3. The molecule has 18 heteroatoms. The van der Waals surface area contributed by atoms with Crippen molar-refractivity contribution < 1.29 is 54.0 Å². The number of hydrogen-bond donors (Lipinski definition) is 8. The van der Waals surface area contributed by atoms with Gasteiger partial charge in [-0.3, -0.25) is 29.3 Å². The van der Waals surface area contributed by atoms with Crippen molar-refractivity contribution in [1.29, 1.82) is 0 Å². The van der Waals surface area contributed by atoms with Crippen molar-refractivity contribution in [3.8, 4) is 0 Å². The van der Waals surface area contributed by atoms with Gasteiger partial charge in [-0.25, -0.2) is 19.2 Å². The van der Waals surface area contributed by atoms with Gasteiger partial charge < -0.3 is 41.7 Å². The van der Waals surface area contributed by atoms with E-state index in [1.54, 1.807) is 0 Å². The second kappa shape index (κ2) is 26.7. The zero-order valence-electron chi connectivity index (χ0n) is 35.9. The topological polar surface area (TPSA) is 278 Å². The number of hydrogen-bond acceptors (Lipinski definition) is 10. The molecular weight excluding hydrogens is 827 g/mol. The number of nitrogens with zero attached hydrogens (tertiary/aromatic N) is 3. The van der Waals surface area contributed by atoms with Gasteiger partial charge in [-0.1, -0.05) is 61.4 Å². The summed E-state index contributed by atoms with van der Waals surface area (Å²) in [5.74, 6) is -5.63. The summed E-state index contributed by atoms with van der Waals surface area (Å²) in [4.78, 5) is 94.8. The van der Waals surface area contributed by atoms with Crippen LogP contribution in [0.4, 0.5) is 4.79 Å². The van der Waals surface area contributed by atoms with Crippen molar-refractivity contribution in [2.24, 2.45) is 0 Å². The fraction of sp³-hybridized carbons (Fsp3) is 0.457. The average Bonchev–Trinajstić information content (AvgIpc) is 3.26. The van der Waals surface area contributed by atoms with Gasteiger partial charge in [0.2, 0.25) is 11.8 Å². The van der Waals surface area contributed by atoms with Crippen LogP contribution in [0, 0.1) is 0 Å². The standard InChI is InChI=1S/C46H59N7O11/c54-40(47-27-11-9-17-38(44(60)61)51-46(64)52-39(45(62)63)25-26-42(56)57)19-3-1-2-4-20-41(55)50-37(43(58)59)18-10-12-28-53(29-33-23-21-31-13-5-7-15-35(31)48-33)30-34-24-22-32-14-6-8-16-36(32)49-34/h5-8,13-16,21-24,37-39H,1-4,9-12,17-20,25-30H2,(H,47,54)(H,50,55)(H,56,57)(H,58,59)(H,60,61)(H,62,63)(H2,51,52,64)/t37-,38+,39+/m1/s1. The van der Waals surface area contributed by atoms with Crippen molar-refractivity contribution in [2.75, 3.05) is 13.1 Å². The van der Waals surface area contributed by atoms with Gasteiger partial charge in [0, 0.05) is 49.7 Å². The van der Waals surface area contributed by atoms with E-state index in [9.17, 15) is 48.9 Å². The molecule has 0 fully saturated rings. The molecule has 4 aromatic rings. The maximum atomic E-state index is 12.7. The van der Waals surface area contributed by atoms with E-state index in [1.165, 1.54) is 0 Å². The first-order valence-corrected chi connectivity index (χ1v) is 21.7. The largest absolute Gasteiger partial charge is 0.481 e. The highest BCUT2D eigenvalue weighted by Crippen LogP contribution is 2.18. The molecule has 0 unspecified atom stereocenters. The van der Waals surface area contributed by atoms with Crippen LogP contribution in [0.1, 0.15) is 101 Å². The SMILES string of the molecule is O=C(O)CC[C@H](NC(=O)N[C@@H](CCCCNC(=O)CCCCCCC(=O)N[C@H](CCCCN(Cc1ccc2ccccc2n1)Cc1ccc2ccccc2n1)C(=O)O)C(=O)O)C(=O)O. The third-order valence-corrected chi connectivity index (χ3v) is 10.6. The Balaban J connectivity index is 1.09. The van der Waals surface area contributed by atoms with Crippen LogP contribution in [0.15, 0.2) is 72.8 Å². The zero-order valence-corrected chi connectivity index (χ0v) is 35.9. The Labute approximate surface area is 371 Å². The molecule has 0 spiro atoms. The fourth-order valence-electron chi connectivity index (χ4n) is 7.13. The Bertz CT molecular complexity index is 2120. The van der Waals surface area contributed by atoms with E-state index in [4.69, 9.17) is 15.1 Å². The minimum Gasteiger partial charge on any atom is -0.481 e. The minimum atomic E-state index is -1.50. The van der Waals surface area contributed by atoms with Gasteiger partial charge in [0.25, 0.3) is 0 Å². The lowest BCUT2D eigenvalue weighted by atomic mass is 10.1. The molecule has 4 amide bonds. The number of nitrogens with one attached hydrogen (secondary N) is 4. The highest BCUT2D eigenvalue weighted by atomic mass is 16.4. The summed E-state index contributed by atoms with van der Waals surface area (Å²) in [5.41, 5.74) is 3.68. The Morgan fingerprint density at radius 2 is 0.984 bits per heavy atom. The predicted molar refractivity (Wildman–Crippen MR) is 237 cm³/mol. The van der Waals surface area contributed by atoms with Gasteiger partial charge in [-0.15, -0.1) is 0 Å². The first-order chi connectivity index (χ1) is 30.8. The van der Waals surface area contributed by atoms with Gasteiger partial charge in [0.1, 0.15) is 18.1 Å². The number of rotatable bonds is 30. The number of pyridine rings is 2. The fourth-order valence-corrected chi connectivity index (χ4v) is 7.13. The number of carboxylic acid groups (broad SMARTS) is 4. The van der Waals surface area contributed by atoms with Gasteiger partial charge in [0.15, 0.2) is 0 Å². The van der Waals surface area contributed by atoms with Crippen LogP contribution in [0.5, 0.6) is 0 Å². The quantitative estimate of drug-likeness (QED) is 0.0312. The lowest BCUT2D eigenvalue weighted by molar-refractivity contribution is -0.142. The number of benzene rings is 2. The first kappa shape index (κ1) is 50.0. The van der Waals surface area contributed by atoms with E-state index >= 15 is 0 Å². The summed E-state index contributed by atoms with van der Waals surface area (Å²) in [5, 5.41) is 49.1. The molecule has 0 aliphatic heterocycles. The Hall–Kier alpha value is -6.69. The molecule has 8 N–H and O–H groups in total. The van der Waals surface area contributed by atoms with Crippen LogP contribution in [-0.4, -0.2) is 108 Å². The lowest BCUT2D eigenvalue weighted by Crippen LogP contribution is -2.51. The summed E-state index contributed by atoms with van der Waals surface area (Å²) in [6.45, 7) is 2.13. The summed E-state index contributed by atoms with van der Waals surface area (Å²) in [6.07, 6.45) is 4.39. The number of carboxylic acids is 4. The molecule has 0 aliphatic carbocycles. The maximum absolute atomic E-state index is 12.7. The van der Waals surface area contributed by atoms with Gasteiger partial charge in [-0.05, 0) is 88.6 Å². The highest BCUT2D eigenvalue weighted by Gasteiger charge is 2.25.